The lowest BCUT2D eigenvalue weighted by molar-refractivity contribution is -0.110. The molecule has 0 aliphatic heterocycles. The molecule has 1 N–H and O–H groups in total. The maximum atomic E-state index is 11.4. The average Bonchev–Trinajstić information content (AvgIpc) is 3.24. The second-order valence-corrected chi connectivity index (χ2v) is 9.87. The number of aromatic nitrogens is 3. The maximum Gasteiger partial charge on any atom is 0.207 e. The predicted octanol–water partition coefficient (Wildman–Crippen LogP) is 6.23. The van der Waals surface area contributed by atoms with E-state index in [0.29, 0.717) is 5.92 Å². The van der Waals surface area contributed by atoms with E-state index in [0.717, 1.165) is 52.7 Å². The SMILES string of the molecule is CC[C@H]1CC[C@@H](c2ccc(-c3ncnn3C)cc2Cl)[C@H](c2ccc(Cl)cc2)[C@@H]1[C@@H](C)NC=O. The van der Waals surface area contributed by atoms with Gasteiger partial charge in [-0.1, -0.05) is 60.8 Å². The largest absolute Gasteiger partial charge is 0.356 e. The van der Waals surface area contributed by atoms with E-state index in [4.69, 9.17) is 23.2 Å². The van der Waals surface area contributed by atoms with E-state index in [1.165, 1.54) is 5.56 Å². The third-order valence-electron chi connectivity index (χ3n) is 7.30. The summed E-state index contributed by atoms with van der Waals surface area (Å²) in [5.41, 5.74) is 3.32. The molecule has 0 bridgehead atoms. The Morgan fingerprint density at radius 1 is 1.18 bits per heavy atom. The van der Waals surface area contributed by atoms with Gasteiger partial charge in [-0.15, -0.1) is 0 Å². The monoisotopic (exact) mass is 484 g/mol. The molecular formula is C26H30Cl2N4O. The Balaban J connectivity index is 1.79. The van der Waals surface area contributed by atoms with Crippen LogP contribution in [0.15, 0.2) is 48.8 Å². The second kappa shape index (κ2) is 10.3. The lowest BCUT2D eigenvalue weighted by Crippen LogP contribution is -2.44. The molecule has 0 saturated heterocycles. The van der Waals surface area contributed by atoms with Crippen LogP contribution >= 0.6 is 23.2 Å². The molecular weight excluding hydrogens is 455 g/mol. The summed E-state index contributed by atoms with van der Waals surface area (Å²) in [5, 5.41) is 8.69. The van der Waals surface area contributed by atoms with Crippen molar-refractivity contribution in [3.63, 3.8) is 0 Å². The van der Waals surface area contributed by atoms with E-state index in [-0.39, 0.29) is 23.8 Å². The number of amides is 1. The summed E-state index contributed by atoms with van der Waals surface area (Å²) >= 11 is 13.1. The van der Waals surface area contributed by atoms with Crippen LogP contribution < -0.4 is 5.32 Å². The second-order valence-electron chi connectivity index (χ2n) is 9.02. The first-order chi connectivity index (χ1) is 15.9. The number of benzene rings is 2. The Hall–Kier alpha value is -2.37. The summed E-state index contributed by atoms with van der Waals surface area (Å²) in [5.74, 6) is 2.03. The number of hydrogen-bond donors (Lipinski definition) is 1. The molecule has 5 atom stereocenters. The fourth-order valence-electron chi connectivity index (χ4n) is 5.75. The van der Waals surface area contributed by atoms with Gasteiger partial charge in [-0.05, 0) is 72.8 Å². The van der Waals surface area contributed by atoms with Crippen molar-refractivity contribution in [2.45, 2.75) is 51.0 Å². The van der Waals surface area contributed by atoms with Crippen molar-refractivity contribution in [2.24, 2.45) is 18.9 Å². The van der Waals surface area contributed by atoms with Crippen LogP contribution in [0.25, 0.3) is 11.4 Å². The van der Waals surface area contributed by atoms with Crippen LogP contribution in [0.4, 0.5) is 0 Å². The molecule has 33 heavy (non-hydrogen) atoms. The first-order valence-electron chi connectivity index (χ1n) is 11.5. The summed E-state index contributed by atoms with van der Waals surface area (Å²) < 4.78 is 1.75. The molecule has 7 heteroatoms. The van der Waals surface area contributed by atoms with Crippen molar-refractivity contribution in [2.75, 3.05) is 0 Å². The highest BCUT2D eigenvalue weighted by Gasteiger charge is 2.43. The molecule has 1 heterocycles. The van der Waals surface area contributed by atoms with Crippen molar-refractivity contribution in [3.8, 4) is 11.4 Å². The Bertz CT molecular complexity index is 1100. The van der Waals surface area contributed by atoms with E-state index in [2.05, 4.69) is 53.5 Å². The number of rotatable bonds is 7. The molecule has 174 valence electrons. The van der Waals surface area contributed by atoms with Crippen LogP contribution in [0.2, 0.25) is 10.0 Å². The van der Waals surface area contributed by atoms with Gasteiger partial charge in [0.1, 0.15) is 6.33 Å². The van der Waals surface area contributed by atoms with Crippen molar-refractivity contribution in [1.82, 2.24) is 20.1 Å². The number of carbonyl (C=O) groups is 1. The van der Waals surface area contributed by atoms with E-state index in [1.54, 1.807) is 11.0 Å². The molecule has 1 saturated carbocycles. The highest BCUT2D eigenvalue weighted by atomic mass is 35.5. The number of carbonyl (C=O) groups excluding carboxylic acids is 1. The molecule has 1 aliphatic rings. The smallest absolute Gasteiger partial charge is 0.207 e. The summed E-state index contributed by atoms with van der Waals surface area (Å²) in [4.78, 5) is 15.7. The highest BCUT2D eigenvalue weighted by molar-refractivity contribution is 6.31. The van der Waals surface area contributed by atoms with Crippen LogP contribution in [0.3, 0.4) is 0 Å². The van der Waals surface area contributed by atoms with Gasteiger partial charge in [0.2, 0.25) is 6.41 Å². The highest BCUT2D eigenvalue weighted by Crippen LogP contribution is 2.53. The van der Waals surface area contributed by atoms with Crippen LogP contribution in [0.5, 0.6) is 0 Å². The third-order valence-corrected chi connectivity index (χ3v) is 7.88. The van der Waals surface area contributed by atoms with Gasteiger partial charge in [-0.25, -0.2) is 9.67 Å². The van der Waals surface area contributed by atoms with Crippen LogP contribution in [0, 0.1) is 11.8 Å². The molecule has 4 rings (SSSR count). The number of halogens is 2. The van der Waals surface area contributed by atoms with Gasteiger partial charge in [0.15, 0.2) is 5.82 Å². The summed E-state index contributed by atoms with van der Waals surface area (Å²) in [6.45, 7) is 4.36. The topological polar surface area (TPSA) is 59.8 Å². The number of nitrogens with zero attached hydrogens (tertiary/aromatic N) is 3. The van der Waals surface area contributed by atoms with Crippen molar-refractivity contribution in [1.29, 1.82) is 0 Å². The van der Waals surface area contributed by atoms with Gasteiger partial charge in [0.05, 0.1) is 0 Å². The fraction of sp³-hybridized carbons (Fsp3) is 0.423. The number of hydrogen-bond acceptors (Lipinski definition) is 3. The van der Waals surface area contributed by atoms with Gasteiger partial charge >= 0.3 is 0 Å². The van der Waals surface area contributed by atoms with Gasteiger partial charge in [0.25, 0.3) is 0 Å². The lowest BCUT2D eigenvalue weighted by atomic mass is 9.59. The van der Waals surface area contributed by atoms with Gasteiger partial charge < -0.3 is 5.32 Å². The minimum atomic E-state index is 0.0487. The van der Waals surface area contributed by atoms with E-state index in [1.807, 2.05) is 25.2 Å². The van der Waals surface area contributed by atoms with Crippen LogP contribution in [0.1, 0.15) is 56.1 Å². The molecule has 5 nitrogen and oxygen atoms in total. The van der Waals surface area contributed by atoms with Gasteiger partial charge in [-0.3, -0.25) is 4.79 Å². The molecule has 0 spiro atoms. The Morgan fingerprint density at radius 3 is 2.55 bits per heavy atom. The fourth-order valence-corrected chi connectivity index (χ4v) is 6.20. The quantitative estimate of drug-likeness (QED) is 0.404. The third kappa shape index (κ3) is 4.80. The average molecular weight is 485 g/mol. The molecule has 0 unspecified atom stereocenters. The van der Waals surface area contributed by atoms with Gasteiger partial charge in [-0.2, -0.15) is 5.10 Å². The zero-order valence-electron chi connectivity index (χ0n) is 19.2. The van der Waals surface area contributed by atoms with Gasteiger partial charge in [0, 0.05) is 28.7 Å². The number of nitrogens with one attached hydrogen (secondary N) is 1. The van der Waals surface area contributed by atoms with E-state index < -0.39 is 0 Å². The Kier molecular flexibility index (Phi) is 7.40. The minimum absolute atomic E-state index is 0.0487. The predicted molar refractivity (Wildman–Crippen MR) is 134 cm³/mol. The molecule has 3 aromatic rings. The van der Waals surface area contributed by atoms with Crippen molar-refractivity contribution >= 4 is 29.6 Å². The molecule has 1 aromatic heterocycles. The molecule has 1 fully saturated rings. The van der Waals surface area contributed by atoms with Crippen LogP contribution in [-0.4, -0.2) is 27.2 Å². The zero-order chi connectivity index (χ0) is 23.5. The first kappa shape index (κ1) is 23.8. The van der Waals surface area contributed by atoms with E-state index >= 15 is 0 Å². The summed E-state index contributed by atoms with van der Waals surface area (Å²) in [7, 11) is 1.87. The maximum absolute atomic E-state index is 11.4. The minimum Gasteiger partial charge on any atom is -0.356 e. The molecule has 1 aliphatic carbocycles. The first-order valence-corrected chi connectivity index (χ1v) is 12.3. The normalized spacial score (nSPS) is 23.8. The lowest BCUT2D eigenvalue weighted by Gasteiger charge is -2.46. The summed E-state index contributed by atoms with van der Waals surface area (Å²) in [6, 6.07) is 14.4. The molecule has 1 amide bonds. The van der Waals surface area contributed by atoms with E-state index in [9.17, 15) is 4.79 Å². The standard InChI is InChI=1S/C26H30Cl2N4O/c1-4-17-7-12-22(21-11-8-19(13-23(21)28)26-29-14-31-32(26)3)25(24(17)16(2)30-15-33)18-5-9-20(27)10-6-18/h5-6,8-11,13-17,22,24-25H,4,7,12H2,1-3H3,(H,30,33)/t16-,17+,22+,24-,25+/m1/s1. The zero-order valence-corrected chi connectivity index (χ0v) is 20.7. The van der Waals surface area contributed by atoms with Crippen LogP contribution in [-0.2, 0) is 11.8 Å². The van der Waals surface area contributed by atoms with Crippen molar-refractivity contribution in [3.05, 3.63) is 70.0 Å². The molecule has 0 radical (unpaired) electrons. The van der Waals surface area contributed by atoms with Crippen molar-refractivity contribution < 1.29 is 4.79 Å². The summed E-state index contributed by atoms with van der Waals surface area (Å²) in [6.07, 6.45) is 5.58. The number of aryl methyl sites for hydroxylation is 1. The molecule has 2 aromatic carbocycles. The Morgan fingerprint density at radius 2 is 1.94 bits per heavy atom. The Labute approximate surface area is 205 Å².